The number of rotatable bonds is 8. The third-order valence-corrected chi connectivity index (χ3v) is 8.48. The van der Waals surface area contributed by atoms with E-state index in [1.807, 2.05) is 56.0 Å². The fraction of sp³-hybridized carbons (Fsp3) is 0.471. The van der Waals surface area contributed by atoms with Crippen LogP contribution >= 0.6 is 0 Å². The van der Waals surface area contributed by atoms with Crippen molar-refractivity contribution in [3.63, 3.8) is 0 Å². The SMILES string of the molecule is COc1ccc(CN2Cc3c(N4CCOCC4)ncc(Nc4ccc(C5CNCCN5C(=O)OC(C)(C)C)cn4)c3C2=O)c(OC)c1. The van der Waals surface area contributed by atoms with E-state index in [2.05, 4.69) is 20.5 Å². The number of methoxy groups -OCH3 is 2. The lowest BCUT2D eigenvalue weighted by molar-refractivity contribution is 0.0117. The molecule has 6 rings (SSSR count). The Hall–Kier alpha value is -4.62. The highest BCUT2D eigenvalue weighted by Gasteiger charge is 2.36. The summed E-state index contributed by atoms with van der Waals surface area (Å²) in [5.41, 5.74) is 3.20. The molecule has 3 aliphatic rings. The quantitative estimate of drug-likeness (QED) is 0.367. The molecule has 0 aliphatic carbocycles. The van der Waals surface area contributed by atoms with Gasteiger partial charge in [0.15, 0.2) is 0 Å². The van der Waals surface area contributed by atoms with Crippen molar-refractivity contribution < 1.29 is 28.5 Å². The van der Waals surface area contributed by atoms with E-state index in [1.165, 1.54) is 0 Å². The normalized spacial score (nSPS) is 18.2. The van der Waals surface area contributed by atoms with Crippen molar-refractivity contribution in [2.45, 2.75) is 45.5 Å². The molecule has 3 aromatic rings. The Balaban J connectivity index is 1.26. The number of hydrogen-bond acceptors (Lipinski definition) is 11. The molecule has 250 valence electrons. The number of fused-ring (bicyclic) bond motifs is 1. The first kappa shape index (κ1) is 32.3. The summed E-state index contributed by atoms with van der Waals surface area (Å²) in [6, 6.07) is 9.20. The zero-order valence-corrected chi connectivity index (χ0v) is 27.7. The highest BCUT2D eigenvalue weighted by Crippen LogP contribution is 2.38. The van der Waals surface area contributed by atoms with Gasteiger partial charge >= 0.3 is 6.09 Å². The Bertz CT molecular complexity index is 1600. The lowest BCUT2D eigenvalue weighted by atomic mass is 10.1. The summed E-state index contributed by atoms with van der Waals surface area (Å²) in [4.78, 5) is 42.3. The smallest absolute Gasteiger partial charge is 0.410 e. The average molecular weight is 646 g/mol. The fourth-order valence-electron chi connectivity index (χ4n) is 6.17. The topological polar surface area (TPSA) is 131 Å². The molecule has 3 aliphatic heterocycles. The molecule has 5 heterocycles. The fourth-order valence-corrected chi connectivity index (χ4v) is 6.17. The van der Waals surface area contributed by atoms with E-state index >= 15 is 0 Å². The summed E-state index contributed by atoms with van der Waals surface area (Å²) in [6.45, 7) is 10.8. The third-order valence-electron chi connectivity index (χ3n) is 8.48. The summed E-state index contributed by atoms with van der Waals surface area (Å²) in [6.07, 6.45) is 3.13. The number of aromatic nitrogens is 2. The summed E-state index contributed by atoms with van der Waals surface area (Å²) in [7, 11) is 3.22. The van der Waals surface area contributed by atoms with Crippen molar-refractivity contribution in [2.24, 2.45) is 0 Å². The number of carbonyl (C=O) groups excluding carboxylic acids is 2. The second-order valence-electron chi connectivity index (χ2n) is 12.8. The Morgan fingerprint density at radius 2 is 1.87 bits per heavy atom. The van der Waals surface area contributed by atoms with Crippen LogP contribution in [-0.4, -0.2) is 97.5 Å². The molecule has 0 radical (unpaired) electrons. The van der Waals surface area contributed by atoms with Gasteiger partial charge in [0, 0.05) is 62.7 Å². The Labute approximate surface area is 275 Å². The van der Waals surface area contributed by atoms with Crippen molar-refractivity contribution in [3.8, 4) is 11.5 Å². The number of ether oxygens (including phenoxy) is 4. The molecule has 2 aromatic heterocycles. The maximum Gasteiger partial charge on any atom is 0.410 e. The minimum atomic E-state index is -0.585. The summed E-state index contributed by atoms with van der Waals surface area (Å²) < 4.78 is 22.2. The highest BCUT2D eigenvalue weighted by atomic mass is 16.6. The van der Waals surface area contributed by atoms with Crippen LogP contribution in [0.25, 0.3) is 0 Å². The molecule has 1 unspecified atom stereocenters. The van der Waals surface area contributed by atoms with Gasteiger partial charge in [-0.05, 0) is 44.5 Å². The molecule has 13 nitrogen and oxygen atoms in total. The maximum atomic E-state index is 14.1. The van der Waals surface area contributed by atoms with E-state index in [1.54, 1.807) is 31.5 Å². The number of nitrogens with zero attached hydrogens (tertiary/aromatic N) is 5. The van der Waals surface area contributed by atoms with Gasteiger partial charge in [0.25, 0.3) is 5.91 Å². The first-order chi connectivity index (χ1) is 22.6. The van der Waals surface area contributed by atoms with Gasteiger partial charge in [-0.1, -0.05) is 6.07 Å². The predicted octanol–water partition coefficient (Wildman–Crippen LogP) is 4.11. The average Bonchev–Trinajstić information content (AvgIpc) is 3.40. The standard InChI is InChI=1S/C34H43N7O6/c1-34(2,3)47-33(43)41-11-10-35-19-27(41)22-7-9-29(36-17-22)38-26-18-37-31(39-12-14-46-15-13-39)25-21-40(32(42)30(25)26)20-23-6-8-24(44-4)16-28(23)45-5/h6-9,16-18,27,35H,10-15,19-21H2,1-5H3,(H,36,38). The molecule has 13 heteroatoms. The first-order valence-electron chi connectivity index (χ1n) is 15.9. The largest absolute Gasteiger partial charge is 0.497 e. The Morgan fingerprint density at radius 1 is 1.06 bits per heavy atom. The first-order valence-corrected chi connectivity index (χ1v) is 15.9. The second-order valence-corrected chi connectivity index (χ2v) is 12.8. The van der Waals surface area contributed by atoms with Crippen LogP contribution in [0.2, 0.25) is 0 Å². The molecule has 1 aromatic carbocycles. The number of benzene rings is 1. The summed E-state index contributed by atoms with van der Waals surface area (Å²) in [5, 5.41) is 6.72. The summed E-state index contributed by atoms with van der Waals surface area (Å²) in [5.74, 6) is 2.59. The number of hydrogen-bond donors (Lipinski definition) is 2. The molecule has 1 atom stereocenters. The number of pyridine rings is 2. The monoisotopic (exact) mass is 645 g/mol. The van der Waals surface area contributed by atoms with Crippen molar-refractivity contribution >= 4 is 29.3 Å². The van der Waals surface area contributed by atoms with Gasteiger partial charge in [-0.2, -0.15) is 0 Å². The van der Waals surface area contributed by atoms with Gasteiger partial charge < -0.3 is 39.4 Å². The number of carbonyl (C=O) groups is 2. The molecule has 47 heavy (non-hydrogen) atoms. The zero-order chi connectivity index (χ0) is 33.1. The lowest BCUT2D eigenvalue weighted by Crippen LogP contribution is -2.50. The van der Waals surface area contributed by atoms with Crippen molar-refractivity contribution in [3.05, 3.63) is 65.0 Å². The van der Waals surface area contributed by atoms with Gasteiger partial charge in [-0.25, -0.2) is 14.8 Å². The van der Waals surface area contributed by atoms with Crippen LogP contribution < -0.4 is 25.0 Å². The van der Waals surface area contributed by atoms with E-state index in [4.69, 9.17) is 23.9 Å². The van der Waals surface area contributed by atoms with Gasteiger partial charge in [-0.3, -0.25) is 9.69 Å². The predicted molar refractivity (Wildman–Crippen MR) is 176 cm³/mol. The van der Waals surface area contributed by atoms with Crippen molar-refractivity contribution in [1.29, 1.82) is 0 Å². The van der Waals surface area contributed by atoms with Crippen molar-refractivity contribution in [1.82, 2.24) is 25.1 Å². The van der Waals surface area contributed by atoms with Crippen LogP contribution in [0.1, 0.15) is 53.9 Å². The maximum absolute atomic E-state index is 14.1. The number of anilines is 3. The van der Waals surface area contributed by atoms with Gasteiger partial charge in [0.1, 0.15) is 28.7 Å². The second kappa shape index (κ2) is 13.6. The van der Waals surface area contributed by atoms with E-state index in [9.17, 15) is 9.59 Å². The molecular formula is C34H43N7O6. The molecule has 2 amide bonds. The molecule has 2 fully saturated rings. The van der Waals surface area contributed by atoms with Crippen LogP contribution in [0.3, 0.4) is 0 Å². The number of piperazine rings is 1. The van der Waals surface area contributed by atoms with Crippen LogP contribution in [0.15, 0.2) is 42.7 Å². The Kier molecular flexibility index (Phi) is 9.37. The van der Waals surface area contributed by atoms with Gasteiger partial charge in [0.2, 0.25) is 0 Å². The van der Waals surface area contributed by atoms with Crippen molar-refractivity contribution in [2.75, 3.05) is 70.4 Å². The van der Waals surface area contributed by atoms with E-state index in [0.717, 1.165) is 22.5 Å². The van der Waals surface area contributed by atoms with E-state index in [0.29, 0.717) is 87.6 Å². The minimum absolute atomic E-state index is 0.102. The molecule has 2 saturated heterocycles. The molecule has 0 bridgehead atoms. The molecule has 2 N–H and O–H groups in total. The number of morpholine rings is 1. The van der Waals surface area contributed by atoms with Crippen LogP contribution in [0, 0.1) is 0 Å². The Morgan fingerprint density at radius 3 is 2.57 bits per heavy atom. The van der Waals surface area contributed by atoms with Gasteiger partial charge in [0.05, 0.1) is 57.5 Å². The molecule has 0 spiro atoms. The minimum Gasteiger partial charge on any atom is -0.497 e. The molecule has 0 saturated carbocycles. The van der Waals surface area contributed by atoms with Crippen LogP contribution in [-0.2, 0) is 22.6 Å². The summed E-state index contributed by atoms with van der Waals surface area (Å²) >= 11 is 0. The third kappa shape index (κ3) is 7.05. The van der Waals surface area contributed by atoms with Gasteiger partial charge in [-0.15, -0.1) is 0 Å². The lowest BCUT2D eigenvalue weighted by Gasteiger charge is -2.37. The van der Waals surface area contributed by atoms with Crippen LogP contribution in [0.5, 0.6) is 11.5 Å². The zero-order valence-electron chi connectivity index (χ0n) is 27.7. The number of nitrogens with one attached hydrogen (secondary N) is 2. The molecular weight excluding hydrogens is 602 g/mol. The van der Waals surface area contributed by atoms with Crippen LogP contribution in [0.4, 0.5) is 22.1 Å². The highest BCUT2D eigenvalue weighted by molar-refractivity contribution is 6.05. The van der Waals surface area contributed by atoms with E-state index < -0.39 is 5.60 Å². The van der Waals surface area contributed by atoms with E-state index in [-0.39, 0.29) is 18.0 Å². The number of amides is 2.